The van der Waals surface area contributed by atoms with Crippen LogP contribution in [0, 0.1) is 6.07 Å². The van der Waals surface area contributed by atoms with E-state index in [0.717, 1.165) is 27.5 Å². The third kappa shape index (κ3) is 3.16. The Balaban J connectivity index is 0.00000182. The van der Waals surface area contributed by atoms with E-state index in [9.17, 15) is 8.42 Å². The number of nitrogens with one attached hydrogen (secondary N) is 1. The van der Waals surface area contributed by atoms with Crippen molar-refractivity contribution in [2.24, 2.45) is 0 Å². The van der Waals surface area contributed by atoms with E-state index in [2.05, 4.69) is 16.0 Å². The molecule has 2 heterocycles. The molecule has 1 N–H and O–H groups in total. The maximum atomic E-state index is 12.8. The predicted molar refractivity (Wildman–Crippen MR) is 94.5 cm³/mol. The molecule has 2 aromatic carbocycles. The summed E-state index contributed by atoms with van der Waals surface area (Å²) in [5.41, 5.74) is 2.43. The van der Waals surface area contributed by atoms with E-state index < -0.39 is 15.1 Å². The van der Waals surface area contributed by atoms with Gasteiger partial charge in [-0.15, -0.1) is 12.1 Å². The summed E-state index contributed by atoms with van der Waals surface area (Å²) in [6, 6.07) is 19.1. The molecule has 4 aromatic rings. The molecular formula is C19H15N2O2SY-. The van der Waals surface area contributed by atoms with Gasteiger partial charge in [0.05, 0.1) is 10.1 Å². The molecule has 0 bridgehead atoms. The van der Waals surface area contributed by atoms with Crippen LogP contribution in [0.3, 0.4) is 0 Å². The van der Waals surface area contributed by atoms with Gasteiger partial charge < -0.3 is 9.97 Å². The zero-order chi connectivity index (χ0) is 16.7. The van der Waals surface area contributed by atoms with Crippen molar-refractivity contribution >= 4 is 31.8 Å². The maximum Gasteiger partial charge on any atom is 0.185 e. The molecule has 1 unspecified atom stereocenters. The molecule has 0 aliphatic rings. The van der Waals surface area contributed by atoms with E-state index in [1.165, 1.54) is 0 Å². The number of hydrogen-bond donors (Lipinski definition) is 1. The molecular weight excluding hydrogens is 409 g/mol. The first-order valence-corrected chi connectivity index (χ1v) is 9.19. The molecule has 0 saturated heterocycles. The molecule has 25 heavy (non-hydrogen) atoms. The fraction of sp³-hybridized carbons (Fsp3) is 0.105. The normalized spacial score (nSPS) is 12.8. The molecule has 4 rings (SSSR count). The van der Waals surface area contributed by atoms with Crippen molar-refractivity contribution in [3.8, 4) is 0 Å². The molecule has 2 aromatic heterocycles. The Bertz CT molecular complexity index is 1140. The number of pyridine rings is 1. The van der Waals surface area contributed by atoms with Crippen LogP contribution < -0.4 is 0 Å². The zero-order valence-corrected chi connectivity index (χ0v) is 17.3. The van der Waals surface area contributed by atoms with Gasteiger partial charge in [-0.25, -0.2) is 8.42 Å². The van der Waals surface area contributed by atoms with Crippen molar-refractivity contribution in [2.45, 2.75) is 17.1 Å². The van der Waals surface area contributed by atoms with Crippen LogP contribution in [0.5, 0.6) is 0 Å². The number of sulfone groups is 1. The third-order valence-electron chi connectivity index (χ3n) is 4.32. The van der Waals surface area contributed by atoms with Gasteiger partial charge >= 0.3 is 0 Å². The molecule has 1 atom stereocenters. The first kappa shape index (κ1) is 18.2. The van der Waals surface area contributed by atoms with Gasteiger partial charge in [-0.05, 0) is 36.2 Å². The van der Waals surface area contributed by atoms with Crippen LogP contribution >= 0.6 is 0 Å². The summed E-state index contributed by atoms with van der Waals surface area (Å²) in [6.07, 6.45) is 1.68. The Hall–Kier alpha value is -1.56. The van der Waals surface area contributed by atoms with Crippen LogP contribution in [0.1, 0.15) is 17.7 Å². The van der Waals surface area contributed by atoms with Gasteiger partial charge in [0.2, 0.25) is 0 Å². The number of rotatable bonds is 3. The second-order valence-electron chi connectivity index (χ2n) is 5.74. The molecule has 4 nitrogen and oxygen atoms in total. The van der Waals surface area contributed by atoms with Gasteiger partial charge in [0.1, 0.15) is 0 Å². The molecule has 123 valence electrons. The minimum Gasteiger partial charge on any atom is -0.388 e. The fourth-order valence-corrected chi connectivity index (χ4v) is 4.37. The largest absolute Gasteiger partial charge is 0.388 e. The summed E-state index contributed by atoms with van der Waals surface area (Å²) in [5, 5.41) is 1.18. The fourth-order valence-electron chi connectivity index (χ4n) is 2.92. The van der Waals surface area contributed by atoms with Crippen molar-refractivity contribution in [2.75, 3.05) is 0 Å². The first-order valence-electron chi connectivity index (χ1n) is 7.64. The Labute approximate surface area is 171 Å². The summed E-state index contributed by atoms with van der Waals surface area (Å²) in [6.45, 7) is 1.72. The van der Waals surface area contributed by atoms with E-state index in [1.54, 1.807) is 43.5 Å². The van der Waals surface area contributed by atoms with Crippen molar-refractivity contribution < 1.29 is 41.1 Å². The van der Waals surface area contributed by atoms with Crippen LogP contribution in [0.2, 0.25) is 0 Å². The minimum atomic E-state index is -3.43. The molecule has 6 heteroatoms. The second-order valence-corrected chi connectivity index (χ2v) is 8.01. The average Bonchev–Trinajstić information content (AvgIpc) is 2.99. The van der Waals surface area contributed by atoms with E-state index in [-0.39, 0.29) is 32.7 Å². The average molecular weight is 424 g/mol. The number of H-pyrrole nitrogens is 1. The van der Waals surface area contributed by atoms with Crippen molar-refractivity contribution in [3.63, 3.8) is 0 Å². The molecule has 0 saturated carbocycles. The van der Waals surface area contributed by atoms with Gasteiger partial charge in [0.15, 0.2) is 9.84 Å². The Morgan fingerprint density at radius 2 is 1.88 bits per heavy atom. The smallest absolute Gasteiger partial charge is 0.185 e. The number of aromatic nitrogens is 2. The number of fused-ring (bicyclic) bond motifs is 3. The summed E-state index contributed by atoms with van der Waals surface area (Å²) in [7, 11) is -3.43. The molecule has 0 fully saturated rings. The van der Waals surface area contributed by atoms with Crippen LogP contribution in [0.15, 0.2) is 65.7 Å². The number of hydrogen-bond acceptors (Lipinski definition) is 3. The Kier molecular flexibility index (Phi) is 5.10. The first-order chi connectivity index (χ1) is 11.6. The van der Waals surface area contributed by atoms with E-state index in [0.29, 0.717) is 4.90 Å². The van der Waals surface area contributed by atoms with Gasteiger partial charge in [-0.1, -0.05) is 47.3 Å². The summed E-state index contributed by atoms with van der Waals surface area (Å²) >= 11 is 0. The van der Waals surface area contributed by atoms with Crippen LogP contribution in [-0.2, 0) is 42.5 Å². The summed E-state index contributed by atoms with van der Waals surface area (Å²) in [4.78, 5) is 7.84. The SMILES string of the molecule is CC(c1ccc2[nH]c3ncc[c-]c3c2c1)S(=O)(=O)c1ccccc1.[Y]. The quantitative estimate of drug-likeness (QED) is 0.505. The Morgan fingerprint density at radius 1 is 1.12 bits per heavy atom. The predicted octanol–water partition coefficient (Wildman–Crippen LogP) is 4.05. The maximum absolute atomic E-state index is 12.8. The van der Waals surface area contributed by atoms with Gasteiger partial charge in [0.25, 0.3) is 0 Å². The van der Waals surface area contributed by atoms with Gasteiger partial charge in [0, 0.05) is 38.4 Å². The van der Waals surface area contributed by atoms with Gasteiger partial charge in [-0.3, -0.25) is 0 Å². The summed E-state index contributed by atoms with van der Waals surface area (Å²) in [5.74, 6) is 0. The molecule has 0 aliphatic heterocycles. The number of aromatic amines is 1. The third-order valence-corrected chi connectivity index (χ3v) is 6.45. The minimum absolute atomic E-state index is 0. The number of benzene rings is 2. The van der Waals surface area contributed by atoms with Gasteiger partial charge in [-0.2, -0.15) is 0 Å². The topological polar surface area (TPSA) is 62.8 Å². The molecule has 0 amide bonds. The standard InChI is InChI=1S/C19H15N2O2S.Y/c1-13(24(22,23)15-6-3-2-4-7-15)14-9-10-18-17(12-14)16-8-5-11-20-19(16)21-18;/h2-7,9-13H,1H3,(H,20,21);/q-1;. The zero-order valence-electron chi connectivity index (χ0n) is 13.6. The molecule has 0 spiro atoms. The van der Waals surface area contributed by atoms with Crippen molar-refractivity contribution in [1.82, 2.24) is 9.97 Å². The molecule has 1 radical (unpaired) electrons. The Morgan fingerprint density at radius 3 is 2.64 bits per heavy atom. The van der Waals surface area contributed by atoms with E-state index in [1.807, 2.05) is 24.3 Å². The van der Waals surface area contributed by atoms with Crippen molar-refractivity contribution in [3.05, 3.63) is 72.4 Å². The van der Waals surface area contributed by atoms with E-state index in [4.69, 9.17) is 0 Å². The molecule has 0 aliphatic carbocycles. The van der Waals surface area contributed by atoms with E-state index >= 15 is 0 Å². The monoisotopic (exact) mass is 424 g/mol. The van der Waals surface area contributed by atoms with Crippen molar-refractivity contribution in [1.29, 1.82) is 0 Å². The number of nitrogens with zero attached hydrogens (tertiary/aromatic N) is 1. The second kappa shape index (κ2) is 6.98. The van der Waals surface area contributed by atoms with Crippen LogP contribution in [-0.4, -0.2) is 18.4 Å². The van der Waals surface area contributed by atoms with Crippen LogP contribution in [0.25, 0.3) is 21.9 Å². The van der Waals surface area contributed by atoms with Crippen LogP contribution in [0.4, 0.5) is 0 Å². The summed E-state index contributed by atoms with van der Waals surface area (Å²) < 4.78 is 25.7.